The number of halogens is 1. The minimum atomic E-state index is -0.251. The van der Waals surface area contributed by atoms with Crippen molar-refractivity contribution in [2.45, 2.75) is 0 Å². The van der Waals surface area contributed by atoms with Crippen molar-refractivity contribution in [2.75, 3.05) is 0 Å². The fourth-order valence-electron chi connectivity index (χ4n) is 1.29. The molecule has 2 heteroatoms. The Labute approximate surface area is 75.6 Å². The average Bonchev–Trinajstić information content (AvgIpc) is 2.49. The number of fused-ring (bicyclic) bond motifs is 1. The molecule has 2 rings (SSSR count). The summed E-state index contributed by atoms with van der Waals surface area (Å²) in [5.74, 6) is 5.09. The Balaban J connectivity index is 2.76. The van der Waals surface area contributed by atoms with Gasteiger partial charge in [-0.1, -0.05) is 11.8 Å². The molecule has 0 spiro atoms. The highest BCUT2D eigenvalue weighted by atomic mass is 19.1. The molecule has 0 aliphatic carbocycles. The summed E-state index contributed by atoms with van der Waals surface area (Å²) in [6.45, 7) is 3.42. The van der Waals surface area contributed by atoms with Crippen molar-refractivity contribution in [1.29, 1.82) is 0 Å². The molecule has 0 aliphatic heterocycles. The molecule has 63 valence electrons. The predicted octanol–water partition coefficient (Wildman–Crippen LogP) is 2.49. The normalized spacial score (nSPS) is 9.69. The minimum Gasteiger partial charge on any atom is -0.360 e. The van der Waals surface area contributed by atoms with Gasteiger partial charge in [0.2, 0.25) is 0 Å². The number of rotatable bonds is 0. The van der Waals surface area contributed by atoms with Gasteiger partial charge in [-0.15, -0.1) is 0 Å². The van der Waals surface area contributed by atoms with E-state index in [-0.39, 0.29) is 5.82 Å². The van der Waals surface area contributed by atoms with E-state index in [2.05, 4.69) is 23.7 Å². The van der Waals surface area contributed by atoms with Crippen molar-refractivity contribution in [3.05, 3.63) is 42.7 Å². The third-order valence-corrected chi connectivity index (χ3v) is 1.87. The van der Waals surface area contributed by atoms with E-state index in [0.717, 1.165) is 16.5 Å². The van der Waals surface area contributed by atoms with E-state index in [1.807, 2.05) is 0 Å². The van der Waals surface area contributed by atoms with E-state index in [9.17, 15) is 4.39 Å². The molecule has 0 bridgehead atoms. The highest BCUT2D eigenvalue weighted by molar-refractivity contribution is 5.86. The zero-order valence-corrected chi connectivity index (χ0v) is 6.89. The Bertz CT molecular complexity index is 500. The second-order valence-electron chi connectivity index (χ2n) is 2.69. The molecule has 0 atom stereocenters. The summed E-state index contributed by atoms with van der Waals surface area (Å²) < 4.78 is 12.9. The molecule has 0 aliphatic rings. The molecule has 1 aromatic carbocycles. The van der Waals surface area contributed by atoms with Crippen molar-refractivity contribution in [3.63, 3.8) is 0 Å². The van der Waals surface area contributed by atoms with Crippen molar-refractivity contribution in [1.82, 2.24) is 4.98 Å². The SMILES string of the molecule is [CH2]C#Cc1c[nH]c2ccc(F)cc12. The number of aromatic amines is 1. The number of hydrogen-bond donors (Lipinski definition) is 1. The number of nitrogens with one attached hydrogen (secondary N) is 1. The molecule has 0 unspecified atom stereocenters. The Kier molecular flexibility index (Phi) is 1.79. The van der Waals surface area contributed by atoms with Crippen molar-refractivity contribution in [3.8, 4) is 11.8 Å². The van der Waals surface area contributed by atoms with Crippen molar-refractivity contribution in [2.24, 2.45) is 0 Å². The largest absolute Gasteiger partial charge is 0.360 e. The van der Waals surface area contributed by atoms with Crippen LogP contribution in [0.15, 0.2) is 24.4 Å². The van der Waals surface area contributed by atoms with Gasteiger partial charge in [0.25, 0.3) is 0 Å². The van der Waals surface area contributed by atoms with Crippen molar-refractivity contribution < 1.29 is 4.39 Å². The lowest BCUT2D eigenvalue weighted by Gasteiger charge is -1.90. The van der Waals surface area contributed by atoms with E-state index < -0.39 is 0 Å². The van der Waals surface area contributed by atoms with Crippen LogP contribution in [-0.4, -0.2) is 4.98 Å². The summed E-state index contributed by atoms with van der Waals surface area (Å²) in [4.78, 5) is 3.00. The van der Waals surface area contributed by atoms with E-state index in [1.165, 1.54) is 12.1 Å². The third-order valence-electron chi connectivity index (χ3n) is 1.87. The molecule has 13 heavy (non-hydrogen) atoms. The van der Waals surface area contributed by atoms with E-state index >= 15 is 0 Å². The summed E-state index contributed by atoms with van der Waals surface area (Å²) in [5, 5.41) is 0.802. The van der Waals surface area contributed by atoms with Crippen LogP contribution in [0.5, 0.6) is 0 Å². The maximum Gasteiger partial charge on any atom is 0.124 e. The van der Waals surface area contributed by atoms with Crippen LogP contribution in [-0.2, 0) is 0 Å². The first-order valence-electron chi connectivity index (χ1n) is 3.86. The third kappa shape index (κ3) is 1.29. The Morgan fingerprint density at radius 3 is 3.00 bits per heavy atom. The van der Waals surface area contributed by atoms with Crippen LogP contribution in [0.3, 0.4) is 0 Å². The summed E-state index contributed by atoms with van der Waals surface area (Å²) in [6.07, 6.45) is 1.75. The highest BCUT2D eigenvalue weighted by Crippen LogP contribution is 2.18. The van der Waals surface area contributed by atoms with Crippen LogP contribution in [0, 0.1) is 24.6 Å². The van der Waals surface area contributed by atoms with Gasteiger partial charge in [-0.3, -0.25) is 0 Å². The molecule has 0 amide bonds. The van der Waals surface area contributed by atoms with Crippen LogP contribution < -0.4 is 0 Å². The molecular weight excluding hydrogens is 165 g/mol. The van der Waals surface area contributed by atoms with Crippen molar-refractivity contribution >= 4 is 10.9 Å². The summed E-state index contributed by atoms with van der Waals surface area (Å²) in [6, 6.07) is 4.57. The molecule has 1 heterocycles. The monoisotopic (exact) mass is 172 g/mol. The van der Waals surface area contributed by atoms with Gasteiger partial charge in [-0.25, -0.2) is 4.39 Å². The molecule has 1 N–H and O–H groups in total. The first kappa shape index (κ1) is 7.88. The smallest absolute Gasteiger partial charge is 0.124 e. The second-order valence-corrected chi connectivity index (χ2v) is 2.69. The lowest BCUT2D eigenvalue weighted by molar-refractivity contribution is 0.629. The van der Waals surface area contributed by atoms with Crippen LogP contribution >= 0.6 is 0 Å². The number of benzene rings is 1. The molecule has 0 saturated heterocycles. The quantitative estimate of drug-likeness (QED) is 0.587. The van der Waals surface area contributed by atoms with Gasteiger partial charge in [0.1, 0.15) is 5.82 Å². The molecule has 1 aromatic heterocycles. The molecule has 0 saturated carbocycles. The number of aromatic nitrogens is 1. The lowest BCUT2D eigenvalue weighted by Crippen LogP contribution is -1.74. The second kappa shape index (κ2) is 2.95. The van der Waals surface area contributed by atoms with Gasteiger partial charge in [-0.2, -0.15) is 0 Å². The Hall–Kier alpha value is -1.75. The first-order valence-corrected chi connectivity index (χ1v) is 3.86. The molecular formula is C11H7FN. The van der Waals surface area contributed by atoms with Crippen LogP contribution in [0.1, 0.15) is 5.56 Å². The van der Waals surface area contributed by atoms with Gasteiger partial charge >= 0.3 is 0 Å². The average molecular weight is 172 g/mol. The number of hydrogen-bond acceptors (Lipinski definition) is 0. The van der Waals surface area contributed by atoms with Crippen LogP contribution in [0.25, 0.3) is 10.9 Å². The highest BCUT2D eigenvalue weighted by Gasteiger charge is 2.01. The Morgan fingerprint density at radius 1 is 1.38 bits per heavy atom. The van der Waals surface area contributed by atoms with E-state index in [0.29, 0.717) is 0 Å². The maximum atomic E-state index is 12.9. The maximum absolute atomic E-state index is 12.9. The molecule has 1 nitrogen and oxygen atoms in total. The topological polar surface area (TPSA) is 15.8 Å². The predicted molar refractivity (Wildman–Crippen MR) is 50.5 cm³/mol. The molecule has 0 fully saturated rings. The van der Waals surface area contributed by atoms with E-state index in [1.54, 1.807) is 12.3 Å². The summed E-state index contributed by atoms with van der Waals surface area (Å²) >= 11 is 0. The first-order chi connectivity index (χ1) is 6.31. The van der Waals surface area contributed by atoms with Crippen LogP contribution in [0.2, 0.25) is 0 Å². The lowest BCUT2D eigenvalue weighted by atomic mass is 10.2. The van der Waals surface area contributed by atoms with Gasteiger partial charge in [0.15, 0.2) is 0 Å². The van der Waals surface area contributed by atoms with Gasteiger partial charge < -0.3 is 4.98 Å². The molecule has 1 radical (unpaired) electrons. The molecule has 2 aromatic rings. The summed E-state index contributed by atoms with van der Waals surface area (Å²) in [5.41, 5.74) is 1.67. The van der Waals surface area contributed by atoms with Crippen LogP contribution in [0.4, 0.5) is 4.39 Å². The van der Waals surface area contributed by atoms with E-state index in [4.69, 9.17) is 0 Å². The summed E-state index contributed by atoms with van der Waals surface area (Å²) in [7, 11) is 0. The fraction of sp³-hybridized carbons (Fsp3) is 0. The van der Waals surface area contributed by atoms with Gasteiger partial charge in [0.05, 0.1) is 0 Å². The Morgan fingerprint density at radius 2 is 2.23 bits per heavy atom. The minimum absolute atomic E-state index is 0.251. The zero-order chi connectivity index (χ0) is 9.26. The zero-order valence-electron chi connectivity index (χ0n) is 6.89. The fourth-order valence-corrected chi connectivity index (χ4v) is 1.29. The van der Waals surface area contributed by atoms with Gasteiger partial charge in [0, 0.05) is 29.6 Å². The standard InChI is InChI=1S/C11H7FN/c1-2-3-8-7-13-11-5-4-9(12)6-10(8)11/h4-7,13H,1H2. The number of H-pyrrole nitrogens is 1. The van der Waals surface area contributed by atoms with Gasteiger partial charge in [-0.05, 0) is 18.2 Å².